The maximum Gasteiger partial charge on any atom is 0.179 e. The number of aromatic nitrogens is 2. The monoisotopic (exact) mass is 901 g/mol. The lowest BCUT2D eigenvalue weighted by atomic mass is 9.62. The third-order valence-electron chi connectivity index (χ3n) is 17.7. The predicted octanol–water partition coefficient (Wildman–Crippen LogP) is 13.5. The lowest BCUT2D eigenvalue weighted by molar-refractivity contribution is 0.194. The molecule has 3 aliphatic rings. The number of anilines is 2. The molecule has 4 nitrogen and oxygen atoms in total. The molecule has 0 N–H and O–H groups in total. The molecule has 7 aromatic carbocycles. The molecule has 0 bridgehead atoms. The Bertz CT molecular complexity index is 3600. The first kappa shape index (κ1) is 41.5. The molecular formula is C63H59N3OSi. The number of fused-ring (bicyclic) bond motifs is 10. The van der Waals surface area contributed by atoms with Gasteiger partial charge < -0.3 is 13.9 Å². The number of nitrogens with zero attached hydrogens (tertiary/aromatic N) is 3. The zero-order valence-corrected chi connectivity index (χ0v) is 41.2. The van der Waals surface area contributed by atoms with Crippen LogP contribution in [-0.4, -0.2) is 23.2 Å². The summed E-state index contributed by atoms with van der Waals surface area (Å²) in [5.74, 6) is 0. The van der Waals surface area contributed by atoms with Crippen molar-refractivity contribution in [3.63, 3.8) is 0 Å². The molecule has 0 amide bonds. The summed E-state index contributed by atoms with van der Waals surface area (Å²) in [6, 6.07) is 62.7. The SMILES string of the molecule is CC1(C)CCC(C)(C)c2cc([Si](c3ccccc3)(c3ccccc3)c3cc(-n4c5ccccc5c5cc(N6c7ccncc7C7(C)CCCCC67C)ccc54)c4c(c3)oc3ccccc34)ccc21. The van der Waals surface area contributed by atoms with Gasteiger partial charge in [0.25, 0.3) is 0 Å². The average Bonchev–Trinajstić information content (AvgIpc) is 3.97. The van der Waals surface area contributed by atoms with E-state index >= 15 is 0 Å². The van der Waals surface area contributed by atoms with Gasteiger partial charge in [-0.05, 0) is 124 Å². The Hall–Kier alpha value is -6.69. The van der Waals surface area contributed by atoms with Gasteiger partial charge in [0.05, 0.1) is 27.6 Å². The van der Waals surface area contributed by atoms with Gasteiger partial charge in [-0.3, -0.25) is 4.98 Å². The van der Waals surface area contributed by atoms with E-state index in [9.17, 15) is 0 Å². The highest BCUT2D eigenvalue weighted by Gasteiger charge is 2.58. The van der Waals surface area contributed by atoms with Gasteiger partial charge in [0.1, 0.15) is 11.2 Å². The maximum atomic E-state index is 7.10. The van der Waals surface area contributed by atoms with Crippen LogP contribution in [0, 0.1) is 0 Å². The summed E-state index contributed by atoms with van der Waals surface area (Å²) >= 11 is 0. The van der Waals surface area contributed by atoms with E-state index in [1.54, 1.807) is 0 Å². The third kappa shape index (κ3) is 5.63. The Morgan fingerprint density at radius 1 is 0.485 bits per heavy atom. The summed E-state index contributed by atoms with van der Waals surface area (Å²) in [4.78, 5) is 7.38. The fraction of sp³-hybridized carbons (Fsp3) is 0.254. The minimum absolute atomic E-state index is 0.0179. The van der Waals surface area contributed by atoms with Crippen molar-refractivity contribution in [2.24, 2.45) is 0 Å². The van der Waals surface area contributed by atoms with Crippen LogP contribution in [0.3, 0.4) is 0 Å². The third-order valence-corrected chi connectivity index (χ3v) is 22.4. The molecular weight excluding hydrogens is 843 g/mol. The number of furan rings is 1. The topological polar surface area (TPSA) is 34.2 Å². The van der Waals surface area contributed by atoms with E-state index in [0.29, 0.717) is 0 Å². The molecule has 10 aromatic rings. The Morgan fingerprint density at radius 2 is 1.15 bits per heavy atom. The molecule has 1 saturated carbocycles. The molecule has 1 aliphatic heterocycles. The molecule has 68 heavy (non-hydrogen) atoms. The first-order valence-corrected chi connectivity index (χ1v) is 26.9. The largest absolute Gasteiger partial charge is 0.456 e. The highest BCUT2D eigenvalue weighted by atomic mass is 28.3. The van der Waals surface area contributed by atoms with Gasteiger partial charge in [-0.1, -0.05) is 163 Å². The zero-order chi connectivity index (χ0) is 46.2. The van der Waals surface area contributed by atoms with Crippen LogP contribution in [-0.2, 0) is 16.2 Å². The minimum atomic E-state index is -3.09. The van der Waals surface area contributed by atoms with E-state index in [1.165, 1.54) is 96.3 Å². The van der Waals surface area contributed by atoms with Gasteiger partial charge in [-0.15, -0.1) is 0 Å². The maximum absolute atomic E-state index is 7.10. The average molecular weight is 902 g/mol. The van der Waals surface area contributed by atoms with Gasteiger partial charge in [0, 0.05) is 50.9 Å². The fourth-order valence-corrected chi connectivity index (χ4v) is 18.5. The first-order chi connectivity index (χ1) is 32.9. The first-order valence-electron chi connectivity index (χ1n) is 24.9. The number of benzene rings is 7. The summed E-state index contributed by atoms with van der Waals surface area (Å²) in [5.41, 5.74) is 12.3. The van der Waals surface area contributed by atoms with Crippen LogP contribution in [0.5, 0.6) is 0 Å². The summed E-state index contributed by atoms with van der Waals surface area (Å²) in [6.45, 7) is 14.8. The fourth-order valence-electron chi connectivity index (χ4n) is 13.8. The Morgan fingerprint density at radius 3 is 1.91 bits per heavy atom. The Kier molecular flexibility index (Phi) is 8.94. The number of para-hydroxylation sites is 2. The van der Waals surface area contributed by atoms with Crippen molar-refractivity contribution in [1.82, 2.24) is 9.55 Å². The van der Waals surface area contributed by atoms with E-state index in [0.717, 1.165) is 40.5 Å². The molecule has 336 valence electrons. The smallest absolute Gasteiger partial charge is 0.179 e. The van der Waals surface area contributed by atoms with Crippen LogP contribution in [0.15, 0.2) is 181 Å². The molecule has 13 rings (SSSR count). The summed E-state index contributed by atoms with van der Waals surface area (Å²) in [5, 5.41) is 10.2. The van der Waals surface area contributed by atoms with Gasteiger partial charge in [0.15, 0.2) is 8.07 Å². The summed E-state index contributed by atoms with van der Waals surface area (Å²) < 4.78 is 9.66. The van der Waals surface area contributed by atoms with E-state index in [4.69, 9.17) is 9.40 Å². The molecule has 2 atom stereocenters. The molecule has 5 heteroatoms. The quantitative estimate of drug-likeness (QED) is 0.123. The second-order valence-electron chi connectivity index (χ2n) is 22.1. The van der Waals surface area contributed by atoms with Crippen molar-refractivity contribution in [3.8, 4) is 5.69 Å². The molecule has 0 spiro atoms. The van der Waals surface area contributed by atoms with Crippen molar-refractivity contribution in [1.29, 1.82) is 0 Å². The normalized spacial score (nSPS) is 20.8. The second-order valence-corrected chi connectivity index (χ2v) is 25.9. The van der Waals surface area contributed by atoms with Crippen molar-refractivity contribution >= 4 is 83.9 Å². The number of hydrogen-bond acceptors (Lipinski definition) is 3. The Labute approximate surface area is 401 Å². The summed E-state index contributed by atoms with van der Waals surface area (Å²) in [6.07, 6.45) is 11.3. The molecule has 2 aliphatic carbocycles. The van der Waals surface area contributed by atoms with E-state index in [2.05, 4.69) is 221 Å². The van der Waals surface area contributed by atoms with Gasteiger partial charge >= 0.3 is 0 Å². The highest BCUT2D eigenvalue weighted by molar-refractivity contribution is 7.20. The van der Waals surface area contributed by atoms with Crippen LogP contribution in [0.4, 0.5) is 11.4 Å². The predicted molar refractivity (Wildman–Crippen MR) is 288 cm³/mol. The highest BCUT2D eigenvalue weighted by Crippen LogP contribution is 2.61. The van der Waals surface area contributed by atoms with E-state index < -0.39 is 8.07 Å². The molecule has 2 unspecified atom stereocenters. The molecule has 1 fully saturated rings. The molecule has 0 saturated heterocycles. The number of rotatable bonds is 6. The van der Waals surface area contributed by atoms with Crippen molar-refractivity contribution in [3.05, 3.63) is 193 Å². The minimum Gasteiger partial charge on any atom is -0.456 e. The standard InChI is InChI=1S/C63H59N3OSi/c1-60(2)34-35-61(3,4)51-38-45(28-29-50(51)60)68(43-19-9-7-10-20-43,44-21-11-8-12-22-44)46-39-56(59-48-24-14-16-26-57(48)67-58(59)40-46)65-53-25-15-13-23-47(53)49-37-42(27-30-54(49)65)66-55-31-36-64-41-52(55)62(5)32-17-18-33-63(62,66)6/h7-16,19-31,36-41H,17-18,32-35H2,1-6H3. The van der Waals surface area contributed by atoms with Crippen molar-refractivity contribution in [2.75, 3.05) is 4.90 Å². The Balaban J connectivity index is 1.13. The van der Waals surface area contributed by atoms with Gasteiger partial charge in [-0.2, -0.15) is 0 Å². The van der Waals surface area contributed by atoms with Crippen LogP contribution in [0.1, 0.15) is 96.8 Å². The van der Waals surface area contributed by atoms with E-state index in [-0.39, 0.29) is 21.8 Å². The van der Waals surface area contributed by atoms with Gasteiger partial charge in [0.2, 0.25) is 0 Å². The second kappa shape index (κ2) is 14.7. The molecule has 3 aromatic heterocycles. The zero-order valence-electron chi connectivity index (χ0n) is 40.2. The lowest BCUT2D eigenvalue weighted by Gasteiger charge is -2.50. The molecule has 0 radical (unpaired) electrons. The van der Waals surface area contributed by atoms with Crippen LogP contribution < -0.4 is 25.6 Å². The lowest BCUT2D eigenvalue weighted by Crippen LogP contribution is -2.75. The number of pyridine rings is 1. The van der Waals surface area contributed by atoms with Crippen LogP contribution in [0.25, 0.3) is 49.4 Å². The van der Waals surface area contributed by atoms with Crippen LogP contribution >= 0.6 is 0 Å². The molecule has 4 heterocycles. The van der Waals surface area contributed by atoms with Crippen LogP contribution in [0.2, 0.25) is 0 Å². The van der Waals surface area contributed by atoms with Crippen molar-refractivity contribution in [2.45, 2.75) is 102 Å². The van der Waals surface area contributed by atoms with E-state index in [1.807, 2.05) is 6.20 Å². The summed E-state index contributed by atoms with van der Waals surface area (Å²) in [7, 11) is -3.09. The van der Waals surface area contributed by atoms with Gasteiger partial charge in [-0.25, -0.2) is 0 Å². The van der Waals surface area contributed by atoms with Crippen molar-refractivity contribution < 1.29 is 4.42 Å². The number of hydrogen-bond donors (Lipinski definition) is 0.